The molecule has 0 aliphatic heterocycles. The molecule has 0 aromatic heterocycles. The third kappa shape index (κ3) is 3.40. The minimum atomic E-state index is -0.122. The molecule has 0 radical (unpaired) electrons. The second-order valence-electron chi connectivity index (χ2n) is 3.41. The standard InChI is InChI=1S/C11H13Cl2NO/c1-3-7(2)14-11(15)8-4-5-9(12)10(13)6-8/h4-7H,3H2,1-2H3,(H,14,15). The maximum atomic E-state index is 11.7. The Morgan fingerprint density at radius 3 is 2.60 bits per heavy atom. The fraction of sp³-hybridized carbons (Fsp3) is 0.364. The van der Waals surface area contributed by atoms with Gasteiger partial charge in [0.1, 0.15) is 0 Å². The van der Waals surface area contributed by atoms with Gasteiger partial charge in [-0.1, -0.05) is 30.1 Å². The zero-order chi connectivity index (χ0) is 11.4. The Morgan fingerprint density at radius 2 is 2.07 bits per heavy atom. The van der Waals surface area contributed by atoms with Crippen LogP contribution in [0.4, 0.5) is 0 Å². The first-order valence-corrected chi connectivity index (χ1v) is 5.56. The van der Waals surface area contributed by atoms with Gasteiger partial charge in [-0.3, -0.25) is 4.79 Å². The first-order chi connectivity index (χ1) is 7.04. The summed E-state index contributed by atoms with van der Waals surface area (Å²) in [6.45, 7) is 3.97. The van der Waals surface area contributed by atoms with E-state index >= 15 is 0 Å². The van der Waals surface area contributed by atoms with Gasteiger partial charge in [-0.2, -0.15) is 0 Å². The van der Waals surface area contributed by atoms with Crippen LogP contribution in [0.2, 0.25) is 10.0 Å². The molecule has 1 rings (SSSR count). The summed E-state index contributed by atoms with van der Waals surface area (Å²) in [5, 5.41) is 3.70. The number of hydrogen-bond donors (Lipinski definition) is 1. The van der Waals surface area contributed by atoms with Gasteiger partial charge < -0.3 is 5.32 Å². The molecular weight excluding hydrogens is 233 g/mol. The van der Waals surface area contributed by atoms with Crippen LogP contribution in [0.25, 0.3) is 0 Å². The molecule has 0 spiro atoms. The predicted molar refractivity (Wildman–Crippen MR) is 63.7 cm³/mol. The van der Waals surface area contributed by atoms with Crippen LogP contribution in [-0.2, 0) is 0 Å². The Hall–Kier alpha value is -0.730. The summed E-state index contributed by atoms with van der Waals surface area (Å²) < 4.78 is 0. The summed E-state index contributed by atoms with van der Waals surface area (Å²) >= 11 is 11.6. The molecule has 1 unspecified atom stereocenters. The molecule has 0 aliphatic carbocycles. The molecular formula is C11H13Cl2NO. The molecule has 1 amide bonds. The molecule has 0 heterocycles. The van der Waals surface area contributed by atoms with Crippen LogP contribution in [0.1, 0.15) is 30.6 Å². The molecule has 0 bridgehead atoms. The van der Waals surface area contributed by atoms with E-state index in [0.717, 1.165) is 6.42 Å². The topological polar surface area (TPSA) is 29.1 Å². The summed E-state index contributed by atoms with van der Waals surface area (Å²) in [6, 6.07) is 5.01. The van der Waals surface area contributed by atoms with Crippen molar-refractivity contribution < 1.29 is 4.79 Å². The monoisotopic (exact) mass is 245 g/mol. The fourth-order valence-corrected chi connectivity index (χ4v) is 1.34. The molecule has 2 nitrogen and oxygen atoms in total. The van der Waals surface area contributed by atoms with E-state index in [2.05, 4.69) is 5.32 Å². The molecule has 0 saturated carbocycles. The zero-order valence-electron chi connectivity index (χ0n) is 8.68. The highest BCUT2D eigenvalue weighted by Gasteiger charge is 2.09. The van der Waals surface area contributed by atoms with Gasteiger partial charge in [-0.05, 0) is 31.5 Å². The molecule has 0 saturated heterocycles. The summed E-state index contributed by atoms with van der Waals surface area (Å²) in [5.74, 6) is -0.122. The summed E-state index contributed by atoms with van der Waals surface area (Å²) in [4.78, 5) is 11.7. The molecule has 4 heteroatoms. The van der Waals surface area contributed by atoms with Gasteiger partial charge in [-0.15, -0.1) is 0 Å². The van der Waals surface area contributed by atoms with Crippen molar-refractivity contribution in [2.24, 2.45) is 0 Å². The first-order valence-electron chi connectivity index (χ1n) is 4.80. The smallest absolute Gasteiger partial charge is 0.251 e. The number of amides is 1. The van der Waals surface area contributed by atoms with Crippen molar-refractivity contribution in [3.05, 3.63) is 33.8 Å². The van der Waals surface area contributed by atoms with Gasteiger partial charge in [0, 0.05) is 11.6 Å². The van der Waals surface area contributed by atoms with E-state index in [4.69, 9.17) is 23.2 Å². The van der Waals surface area contributed by atoms with Crippen molar-refractivity contribution in [1.82, 2.24) is 5.32 Å². The van der Waals surface area contributed by atoms with Gasteiger partial charge >= 0.3 is 0 Å². The van der Waals surface area contributed by atoms with Crippen LogP contribution in [-0.4, -0.2) is 11.9 Å². The van der Waals surface area contributed by atoms with E-state index in [-0.39, 0.29) is 11.9 Å². The number of nitrogens with one attached hydrogen (secondary N) is 1. The summed E-state index contributed by atoms with van der Waals surface area (Å²) in [5.41, 5.74) is 0.532. The molecule has 0 fully saturated rings. The lowest BCUT2D eigenvalue weighted by Crippen LogP contribution is -2.31. The van der Waals surface area contributed by atoms with E-state index in [0.29, 0.717) is 15.6 Å². The van der Waals surface area contributed by atoms with Gasteiger partial charge in [0.2, 0.25) is 0 Å². The van der Waals surface area contributed by atoms with Crippen molar-refractivity contribution >= 4 is 29.1 Å². The quantitative estimate of drug-likeness (QED) is 0.868. The van der Waals surface area contributed by atoms with Crippen molar-refractivity contribution in [2.75, 3.05) is 0 Å². The van der Waals surface area contributed by atoms with E-state index in [1.807, 2.05) is 13.8 Å². The van der Waals surface area contributed by atoms with E-state index in [1.54, 1.807) is 18.2 Å². The summed E-state index contributed by atoms with van der Waals surface area (Å²) in [6.07, 6.45) is 0.896. The Kier molecular flexibility index (Phi) is 4.43. The van der Waals surface area contributed by atoms with E-state index < -0.39 is 0 Å². The largest absolute Gasteiger partial charge is 0.350 e. The molecule has 1 aromatic carbocycles. The molecule has 15 heavy (non-hydrogen) atoms. The maximum absolute atomic E-state index is 11.7. The average molecular weight is 246 g/mol. The van der Waals surface area contributed by atoms with Crippen LogP contribution in [0.5, 0.6) is 0 Å². The number of carbonyl (C=O) groups is 1. The highest BCUT2D eigenvalue weighted by molar-refractivity contribution is 6.42. The Morgan fingerprint density at radius 1 is 1.40 bits per heavy atom. The zero-order valence-corrected chi connectivity index (χ0v) is 10.2. The molecule has 1 N–H and O–H groups in total. The number of benzene rings is 1. The Bertz CT molecular complexity index is 366. The molecule has 0 aliphatic rings. The second kappa shape index (κ2) is 5.38. The van der Waals surface area contributed by atoms with Crippen molar-refractivity contribution in [1.29, 1.82) is 0 Å². The highest BCUT2D eigenvalue weighted by Crippen LogP contribution is 2.22. The molecule has 82 valence electrons. The Labute approximate surface area is 99.6 Å². The predicted octanol–water partition coefficient (Wildman–Crippen LogP) is 3.52. The van der Waals surface area contributed by atoms with Crippen LogP contribution in [0, 0.1) is 0 Å². The molecule has 1 atom stereocenters. The number of halogens is 2. The second-order valence-corrected chi connectivity index (χ2v) is 4.23. The average Bonchev–Trinajstić information content (AvgIpc) is 2.21. The van der Waals surface area contributed by atoms with Gasteiger partial charge in [-0.25, -0.2) is 0 Å². The Balaban J connectivity index is 2.78. The normalized spacial score (nSPS) is 12.3. The van der Waals surface area contributed by atoms with Gasteiger partial charge in [0.25, 0.3) is 5.91 Å². The van der Waals surface area contributed by atoms with Gasteiger partial charge in [0.05, 0.1) is 10.0 Å². The number of hydrogen-bond acceptors (Lipinski definition) is 1. The minimum Gasteiger partial charge on any atom is -0.350 e. The van der Waals surface area contributed by atoms with E-state index in [9.17, 15) is 4.79 Å². The number of rotatable bonds is 3. The lowest BCUT2D eigenvalue weighted by Gasteiger charge is -2.11. The fourth-order valence-electron chi connectivity index (χ4n) is 1.05. The molecule has 1 aromatic rings. The first kappa shape index (κ1) is 12.3. The van der Waals surface area contributed by atoms with Crippen LogP contribution >= 0.6 is 23.2 Å². The summed E-state index contributed by atoms with van der Waals surface area (Å²) in [7, 11) is 0. The van der Waals surface area contributed by atoms with Crippen molar-refractivity contribution in [3.8, 4) is 0 Å². The van der Waals surface area contributed by atoms with Crippen molar-refractivity contribution in [2.45, 2.75) is 26.3 Å². The lowest BCUT2D eigenvalue weighted by atomic mass is 10.2. The maximum Gasteiger partial charge on any atom is 0.251 e. The van der Waals surface area contributed by atoms with Gasteiger partial charge in [0.15, 0.2) is 0 Å². The van der Waals surface area contributed by atoms with E-state index in [1.165, 1.54) is 0 Å². The van der Waals surface area contributed by atoms with Crippen molar-refractivity contribution in [3.63, 3.8) is 0 Å². The minimum absolute atomic E-state index is 0.122. The lowest BCUT2D eigenvalue weighted by molar-refractivity contribution is 0.0939. The third-order valence-electron chi connectivity index (χ3n) is 2.17. The van der Waals surface area contributed by atoms with Crippen LogP contribution in [0.3, 0.4) is 0 Å². The highest BCUT2D eigenvalue weighted by atomic mass is 35.5. The third-order valence-corrected chi connectivity index (χ3v) is 2.91. The number of carbonyl (C=O) groups excluding carboxylic acids is 1. The van der Waals surface area contributed by atoms with Crippen LogP contribution < -0.4 is 5.32 Å². The SMILES string of the molecule is CCC(C)NC(=O)c1ccc(Cl)c(Cl)c1. The van der Waals surface area contributed by atoms with Crippen LogP contribution in [0.15, 0.2) is 18.2 Å².